The summed E-state index contributed by atoms with van der Waals surface area (Å²) in [5, 5.41) is 9.50. The van der Waals surface area contributed by atoms with Gasteiger partial charge in [0, 0.05) is 12.6 Å². The van der Waals surface area contributed by atoms with Gasteiger partial charge in [-0.2, -0.15) is 0 Å². The second kappa shape index (κ2) is 7.37. The highest BCUT2D eigenvalue weighted by atomic mass is 16.2. The number of hydrogen-bond donors (Lipinski definition) is 5. The van der Waals surface area contributed by atoms with Crippen LogP contribution >= 0.6 is 0 Å². The Morgan fingerprint density at radius 2 is 2.30 bits per heavy atom. The van der Waals surface area contributed by atoms with E-state index < -0.39 is 0 Å². The number of carbonyl (C=O) groups excluding carboxylic acids is 2. The Labute approximate surface area is 118 Å². The van der Waals surface area contributed by atoms with Crippen molar-refractivity contribution >= 4 is 11.8 Å². The van der Waals surface area contributed by atoms with Crippen molar-refractivity contribution in [2.75, 3.05) is 19.6 Å². The molecule has 5 N–H and O–H groups in total. The monoisotopic (exact) mass is 281 g/mol. The zero-order valence-corrected chi connectivity index (χ0v) is 11.6. The molecular formula is C13H23N5O2. The number of amides is 2. The van der Waals surface area contributed by atoms with E-state index in [1.54, 1.807) is 0 Å². The van der Waals surface area contributed by atoms with E-state index in [-0.39, 0.29) is 29.9 Å². The molecule has 2 amide bonds. The third kappa shape index (κ3) is 3.78. The molecule has 2 aliphatic heterocycles. The van der Waals surface area contributed by atoms with Crippen LogP contribution in [0.4, 0.5) is 0 Å². The number of rotatable bonds is 6. The van der Waals surface area contributed by atoms with Crippen LogP contribution in [0.2, 0.25) is 0 Å². The zero-order valence-electron chi connectivity index (χ0n) is 11.6. The van der Waals surface area contributed by atoms with Gasteiger partial charge in [-0.15, -0.1) is 0 Å². The van der Waals surface area contributed by atoms with Gasteiger partial charge in [0.05, 0.1) is 12.1 Å². The van der Waals surface area contributed by atoms with Gasteiger partial charge in [-0.3, -0.25) is 20.3 Å². The normalized spacial score (nSPS) is 29.2. The molecule has 2 aliphatic rings. The summed E-state index contributed by atoms with van der Waals surface area (Å²) in [6, 6.07) is 0.125. The van der Waals surface area contributed by atoms with Gasteiger partial charge in [-0.25, -0.2) is 5.43 Å². The molecule has 0 aromatic rings. The smallest absolute Gasteiger partial charge is 0.243 e. The molecule has 2 saturated heterocycles. The highest BCUT2D eigenvalue weighted by Crippen LogP contribution is 2.20. The summed E-state index contributed by atoms with van der Waals surface area (Å²) in [5.41, 5.74) is 5.73. The molecule has 0 radical (unpaired) electrons. The van der Waals surface area contributed by atoms with Crippen LogP contribution < -0.4 is 26.8 Å². The SMILES string of the molecule is C=CC(=O)NCCCNC1NNC(=O)C2CCCNC12. The van der Waals surface area contributed by atoms with E-state index in [4.69, 9.17) is 0 Å². The molecule has 0 bridgehead atoms. The van der Waals surface area contributed by atoms with Gasteiger partial charge < -0.3 is 10.6 Å². The van der Waals surface area contributed by atoms with Crippen molar-refractivity contribution in [1.82, 2.24) is 26.8 Å². The third-order valence-electron chi connectivity index (χ3n) is 3.75. The predicted octanol–water partition coefficient (Wildman–Crippen LogP) is -1.40. The van der Waals surface area contributed by atoms with Crippen LogP contribution in [-0.2, 0) is 9.59 Å². The van der Waals surface area contributed by atoms with E-state index in [1.807, 2.05) is 0 Å². The first-order valence-electron chi connectivity index (χ1n) is 7.15. The molecule has 2 heterocycles. The van der Waals surface area contributed by atoms with Gasteiger partial charge in [0.15, 0.2) is 0 Å². The molecule has 2 fully saturated rings. The molecule has 7 heteroatoms. The fourth-order valence-corrected chi connectivity index (χ4v) is 2.70. The van der Waals surface area contributed by atoms with E-state index in [0.29, 0.717) is 6.54 Å². The first-order valence-corrected chi connectivity index (χ1v) is 7.15. The summed E-state index contributed by atoms with van der Waals surface area (Å²) in [5.74, 6) is -0.0523. The maximum Gasteiger partial charge on any atom is 0.243 e. The molecular weight excluding hydrogens is 258 g/mol. The Morgan fingerprint density at radius 1 is 1.45 bits per heavy atom. The van der Waals surface area contributed by atoms with E-state index in [2.05, 4.69) is 33.4 Å². The molecule has 0 aromatic carbocycles. The third-order valence-corrected chi connectivity index (χ3v) is 3.75. The number of carbonyl (C=O) groups is 2. The molecule has 0 saturated carbocycles. The average Bonchev–Trinajstić information content (AvgIpc) is 2.49. The summed E-state index contributed by atoms with van der Waals surface area (Å²) in [6.45, 7) is 5.72. The number of piperidine rings is 1. The predicted molar refractivity (Wildman–Crippen MR) is 75.4 cm³/mol. The van der Waals surface area contributed by atoms with E-state index in [0.717, 1.165) is 32.4 Å². The molecule has 0 aliphatic carbocycles. The molecule has 20 heavy (non-hydrogen) atoms. The second-order valence-electron chi connectivity index (χ2n) is 5.14. The fourth-order valence-electron chi connectivity index (χ4n) is 2.70. The Hall–Kier alpha value is -1.44. The minimum atomic E-state index is -0.151. The molecule has 3 unspecified atom stereocenters. The molecule has 112 valence electrons. The minimum Gasteiger partial charge on any atom is -0.353 e. The first-order chi connectivity index (χ1) is 9.72. The van der Waals surface area contributed by atoms with Crippen molar-refractivity contribution in [3.8, 4) is 0 Å². The van der Waals surface area contributed by atoms with Gasteiger partial charge >= 0.3 is 0 Å². The number of nitrogens with one attached hydrogen (secondary N) is 5. The molecule has 0 spiro atoms. The Kier molecular flexibility index (Phi) is 5.51. The topological polar surface area (TPSA) is 94.3 Å². The number of hydrazine groups is 1. The van der Waals surface area contributed by atoms with E-state index >= 15 is 0 Å². The molecule has 0 aromatic heterocycles. The van der Waals surface area contributed by atoms with Gasteiger partial charge in [0.25, 0.3) is 0 Å². The molecule has 7 nitrogen and oxygen atoms in total. The highest BCUT2D eigenvalue weighted by molar-refractivity contribution is 5.86. The zero-order chi connectivity index (χ0) is 14.4. The van der Waals surface area contributed by atoms with E-state index in [9.17, 15) is 9.59 Å². The van der Waals surface area contributed by atoms with Crippen molar-refractivity contribution < 1.29 is 9.59 Å². The standard InChI is InChI=1S/C13H23N5O2/c1-2-10(19)14-7-4-8-16-12-11-9(5-3-6-15-11)13(20)18-17-12/h2,9,11-12,15-17H,1,3-8H2,(H,14,19)(H,18,20). The Bertz CT molecular complexity index is 374. The van der Waals surface area contributed by atoms with Crippen LogP contribution in [0.1, 0.15) is 19.3 Å². The lowest BCUT2D eigenvalue weighted by Gasteiger charge is -2.42. The Morgan fingerprint density at radius 3 is 3.10 bits per heavy atom. The average molecular weight is 281 g/mol. The van der Waals surface area contributed by atoms with Crippen LogP contribution in [0.3, 0.4) is 0 Å². The van der Waals surface area contributed by atoms with Gasteiger partial charge in [0.1, 0.15) is 0 Å². The summed E-state index contributed by atoms with van der Waals surface area (Å²) in [7, 11) is 0. The number of hydrogen-bond acceptors (Lipinski definition) is 5. The quantitative estimate of drug-likeness (QED) is 0.305. The molecule has 2 rings (SSSR count). The number of fused-ring (bicyclic) bond motifs is 1. The largest absolute Gasteiger partial charge is 0.353 e. The lowest BCUT2D eigenvalue weighted by Crippen LogP contribution is -2.71. The summed E-state index contributed by atoms with van der Waals surface area (Å²) in [4.78, 5) is 22.7. The van der Waals surface area contributed by atoms with Crippen LogP contribution in [0.15, 0.2) is 12.7 Å². The lowest BCUT2D eigenvalue weighted by molar-refractivity contribution is -0.131. The van der Waals surface area contributed by atoms with Crippen molar-refractivity contribution in [3.05, 3.63) is 12.7 Å². The minimum absolute atomic E-state index is 0.0214. The van der Waals surface area contributed by atoms with Crippen molar-refractivity contribution in [2.45, 2.75) is 31.5 Å². The first kappa shape index (κ1) is 15.0. The Balaban J connectivity index is 1.70. The molecule has 3 atom stereocenters. The van der Waals surface area contributed by atoms with Crippen molar-refractivity contribution in [2.24, 2.45) is 5.92 Å². The fraction of sp³-hybridized carbons (Fsp3) is 0.692. The van der Waals surface area contributed by atoms with Gasteiger partial charge in [0.2, 0.25) is 11.8 Å². The van der Waals surface area contributed by atoms with Crippen LogP contribution in [0.5, 0.6) is 0 Å². The van der Waals surface area contributed by atoms with Gasteiger partial charge in [-0.1, -0.05) is 6.58 Å². The van der Waals surface area contributed by atoms with Crippen molar-refractivity contribution in [1.29, 1.82) is 0 Å². The maximum absolute atomic E-state index is 11.8. The van der Waals surface area contributed by atoms with E-state index in [1.165, 1.54) is 6.08 Å². The maximum atomic E-state index is 11.8. The summed E-state index contributed by atoms with van der Waals surface area (Å²) >= 11 is 0. The van der Waals surface area contributed by atoms with Gasteiger partial charge in [-0.05, 0) is 38.4 Å². The van der Waals surface area contributed by atoms with Crippen LogP contribution in [-0.4, -0.2) is 43.7 Å². The highest BCUT2D eigenvalue weighted by Gasteiger charge is 2.39. The second-order valence-corrected chi connectivity index (χ2v) is 5.14. The van der Waals surface area contributed by atoms with Crippen LogP contribution in [0, 0.1) is 5.92 Å². The summed E-state index contributed by atoms with van der Waals surface area (Å²) in [6.07, 6.45) is 4.08. The van der Waals surface area contributed by atoms with Crippen LogP contribution in [0.25, 0.3) is 0 Å². The summed E-state index contributed by atoms with van der Waals surface area (Å²) < 4.78 is 0. The van der Waals surface area contributed by atoms with Crippen molar-refractivity contribution in [3.63, 3.8) is 0 Å². The lowest BCUT2D eigenvalue weighted by atomic mass is 9.87.